The molecule has 0 spiro atoms. The third-order valence-corrected chi connectivity index (χ3v) is 7.30. The first-order valence-corrected chi connectivity index (χ1v) is 12.9. The van der Waals surface area contributed by atoms with Crippen LogP contribution < -0.4 is 28.3 Å². The van der Waals surface area contributed by atoms with Gasteiger partial charge in [0, 0.05) is 26.2 Å². The standard InChI is InChI=1S/C23H39N9O5/c24-13-18(33)30-10-3-7-16(30)20(35)29-14(5-1-9-28-23(26)27)21(36)32-12-4-8-17(32)22(37)31-11-2-6-15(31)19(25)34/h14-17H,1-13,24H2,(H2,25,34)(H,29,35)(H4,26,27,28)/t14-,15-,16-,17-/m0/s1. The Kier molecular flexibility index (Phi) is 9.66. The molecule has 5 amide bonds. The van der Waals surface area contributed by atoms with Crippen LogP contribution in [-0.4, -0.2) is 107 Å². The molecule has 9 N–H and O–H groups in total. The Morgan fingerprint density at radius 3 is 2.05 bits per heavy atom. The van der Waals surface area contributed by atoms with Gasteiger partial charge in [-0.15, -0.1) is 0 Å². The number of nitrogens with one attached hydrogen (secondary N) is 1. The third kappa shape index (κ3) is 6.67. The number of rotatable bonds is 10. The molecule has 0 radical (unpaired) electrons. The first kappa shape index (κ1) is 28.2. The highest BCUT2D eigenvalue weighted by Crippen LogP contribution is 2.26. The Balaban J connectivity index is 1.75. The number of hydrogen-bond donors (Lipinski definition) is 5. The molecule has 3 heterocycles. The molecule has 3 aliphatic heterocycles. The lowest BCUT2D eigenvalue weighted by Gasteiger charge is -2.33. The molecule has 3 aliphatic rings. The van der Waals surface area contributed by atoms with Crippen molar-refractivity contribution in [3.63, 3.8) is 0 Å². The number of nitrogens with two attached hydrogens (primary N) is 4. The summed E-state index contributed by atoms with van der Waals surface area (Å²) in [5.74, 6) is -2.08. The van der Waals surface area contributed by atoms with Crippen LogP contribution >= 0.6 is 0 Å². The molecule has 0 bridgehead atoms. The van der Waals surface area contributed by atoms with Crippen molar-refractivity contribution in [1.29, 1.82) is 0 Å². The zero-order chi connectivity index (χ0) is 27.1. The van der Waals surface area contributed by atoms with E-state index in [1.165, 1.54) is 14.7 Å². The molecule has 3 rings (SSSR count). The molecule has 14 nitrogen and oxygen atoms in total. The molecule has 0 aliphatic carbocycles. The highest BCUT2D eigenvalue weighted by Gasteiger charge is 2.43. The zero-order valence-corrected chi connectivity index (χ0v) is 21.1. The van der Waals surface area contributed by atoms with Crippen molar-refractivity contribution >= 4 is 35.5 Å². The third-order valence-electron chi connectivity index (χ3n) is 7.30. The molecular formula is C23H39N9O5. The Morgan fingerprint density at radius 1 is 0.838 bits per heavy atom. The summed E-state index contributed by atoms with van der Waals surface area (Å²) in [6.45, 7) is 1.25. The van der Waals surface area contributed by atoms with E-state index in [0.717, 1.165) is 0 Å². The van der Waals surface area contributed by atoms with E-state index in [2.05, 4.69) is 10.3 Å². The van der Waals surface area contributed by atoms with Crippen molar-refractivity contribution < 1.29 is 24.0 Å². The molecule has 3 fully saturated rings. The van der Waals surface area contributed by atoms with Gasteiger partial charge < -0.3 is 43.0 Å². The lowest BCUT2D eigenvalue weighted by atomic mass is 10.1. The maximum absolute atomic E-state index is 13.7. The van der Waals surface area contributed by atoms with E-state index in [1.54, 1.807) is 0 Å². The molecule has 37 heavy (non-hydrogen) atoms. The SMILES string of the molecule is NCC(=O)N1CCC[C@H]1C(=O)N[C@@H](CCCN=C(N)N)C(=O)N1CCC[C@H]1C(=O)N1CCC[C@H]1C(N)=O. The maximum Gasteiger partial charge on any atom is 0.246 e. The average molecular weight is 522 g/mol. The summed E-state index contributed by atoms with van der Waals surface area (Å²) in [6.07, 6.45) is 4.04. The van der Waals surface area contributed by atoms with E-state index in [-0.39, 0.29) is 37.3 Å². The zero-order valence-electron chi connectivity index (χ0n) is 21.1. The van der Waals surface area contributed by atoms with Crippen LogP contribution in [0.5, 0.6) is 0 Å². The molecule has 3 saturated heterocycles. The number of carbonyl (C=O) groups is 5. The van der Waals surface area contributed by atoms with Gasteiger partial charge in [-0.3, -0.25) is 29.0 Å². The van der Waals surface area contributed by atoms with Crippen molar-refractivity contribution in [2.75, 3.05) is 32.7 Å². The van der Waals surface area contributed by atoms with E-state index in [4.69, 9.17) is 22.9 Å². The predicted molar refractivity (Wildman–Crippen MR) is 134 cm³/mol. The van der Waals surface area contributed by atoms with Gasteiger partial charge in [0.25, 0.3) is 0 Å². The second-order valence-corrected chi connectivity index (χ2v) is 9.74. The maximum atomic E-state index is 13.7. The molecule has 14 heteroatoms. The van der Waals surface area contributed by atoms with Crippen molar-refractivity contribution in [3.8, 4) is 0 Å². The Labute approximate surface area is 216 Å². The highest BCUT2D eigenvalue weighted by atomic mass is 16.2. The first-order valence-electron chi connectivity index (χ1n) is 12.9. The molecule has 0 saturated carbocycles. The molecule has 0 aromatic heterocycles. The first-order chi connectivity index (χ1) is 17.6. The summed E-state index contributed by atoms with van der Waals surface area (Å²) in [7, 11) is 0. The quantitative estimate of drug-likeness (QED) is 0.112. The number of nitrogens with zero attached hydrogens (tertiary/aromatic N) is 4. The minimum atomic E-state index is -0.934. The number of carbonyl (C=O) groups excluding carboxylic acids is 5. The summed E-state index contributed by atoms with van der Waals surface area (Å²) >= 11 is 0. The second kappa shape index (κ2) is 12.7. The number of aliphatic imine (C=N–C) groups is 1. The second-order valence-electron chi connectivity index (χ2n) is 9.74. The summed E-state index contributed by atoms with van der Waals surface area (Å²) in [6, 6.07) is -3.04. The fraction of sp³-hybridized carbons (Fsp3) is 0.739. The van der Waals surface area contributed by atoms with Gasteiger partial charge in [-0.25, -0.2) is 0 Å². The van der Waals surface area contributed by atoms with E-state index in [1.807, 2.05) is 0 Å². The van der Waals surface area contributed by atoms with Gasteiger partial charge in [0.1, 0.15) is 24.2 Å². The van der Waals surface area contributed by atoms with Gasteiger partial charge in [0.15, 0.2) is 5.96 Å². The fourth-order valence-corrected chi connectivity index (χ4v) is 5.49. The Hall–Kier alpha value is -3.42. The summed E-state index contributed by atoms with van der Waals surface area (Å²) in [5.41, 5.74) is 21.8. The lowest BCUT2D eigenvalue weighted by Crippen LogP contribution is -2.57. The summed E-state index contributed by atoms with van der Waals surface area (Å²) in [5, 5.41) is 2.81. The van der Waals surface area contributed by atoms with Crippen molar-refractivity contribution in [3.05, 3.63) is 0 Å². The van der Waals surface area contributed by atoms with Crippen molar-refractivity contribution in [2.45, 2.75) is 75.5 Å². The van der Waals surface area contributed by atoms with Crippen LogP contribution in [0.15, 0.2) is 4.99 Å². The van der Waals surface area contributed by atoms with Crippen LogP contribution in [-0.2, 0) is 24.0 Å². The van der Waals surface area contributed by atoms with Crippen LogP contribution in [0.3, 0.4) is 0 Å². The molecule has 206 valence electrons. The van der Waals surface area contributed by atoms with Crippen molar-refractivity contribution in [2.24, 2.45) is 27.9 Å². The van der Waals surface area contributed by atoms with Crippen LogP contribution in [0.4, 0.5) is 0 Å². The van der Waals surface area contributed by atoms with E-state index in [0.29, 0.717) is 64.6 Å². The van der Waals surface area contributed by atoms with Crippen molar-refractivity contribution in [1.82, 2.24) is 20.0 Å². The number of guanidine groups is 1. The Bertz CT molecular complexity index is 922. The van der Waals surface area contributed by atoms with E-state index >= 15 is 0 Å². The average Bonchev–Trinajstić information content (AvgIpc) is 3.64. The van der Waals surface area contributed by atoms with Gasteiger partial charge >= 0.3 is 0 Å². The van der Waals surface area contributed by atoms with Crippen LogP contribution in [0.25, 0.3) is 0 Å². The largest absolute Gasteiger partial charge is 0.370 e. The molecule has 0 aromatic carbocycles. The lowest BCUT2D eigenvalue weighted by molar-refractivity contribution is -0.148. The molecular weight excluding hydrogens is 482 g/mol. The number of primary amides is 1. The smallest absolute Gasteiger partial charge is 0.246 e. The normalized spacial score (nSPS) is 24.1. The monoisotopic (exact) mass is 521 g/mol. The van der Waals surface area contributed by atoms with Crippen LogP contribution in [0.2, 0.25) is 0 Å². The summed E-state index contributed by atoms with van der Waals surface area (Å²) in [4.78, 5) is 72.6. The highest BCUT2D eigenvalue weighted by molar-refractivity contribution is 5.96. The predicted octanol–water partition coefficient (Wildman–Crippen LogP) is -3.06. The molecule has 0 aromatic rings. The fourth-order valence-electron chi connectivity index (χ4n) is 5.49. The van der Waals surface area contributed by atoms with Gasteiger partial charge in [0.05, 0.1) is 6.54 Å². The number of hydrogen-bond acceptors (Lipinski definition) is 7. The van der Waals surface area contributed by atoms with Gasteiger partial charge in [0.2, 0.25) is 29.5 Å². The van der Waals surface area contributed by atoms with E-state index < -0.39 is 41.9 Å². The van der Waals surface area contributed by atoms with Crippen LogP contribution in [0, 0.1) is 0 Å². The van der Waals surface area contributed by atoms with Crippen LogP contribution in [0.1, 0.15) is 51.4 Å². The van der Waals surface area contributed by atoms with Gasteiger partial charge in [-0.1, -0.05) is 0 Å². The minimum absolute atomic E-state index is 0.0753. The Morgan fingerprint density at radius 2 is 1.43 bits per heavy atom. The van der Waals surface area contributed by atoms with E-state index in [9.17, 15) is 24.0 Å². The number of likely N-dealkylation sites (tertiary alicyclic amines) is 3. The van der Waals surface area contributed by atoms with Gasteiger partial charge in [-0.05, 0) is 51.4 Å². The summed E-state index contributed by atoms with van der Waals surface area (Å²) < 4.78 is 0. The molecule has 4 atom stereocenters. The topological polar surface area (TPSA) is 224 Å². The molecule has 0 unspecified atom stereocenters. The van der Waals surface area contributed by atoms with Gasteiger partial charge in [-0.2, -0.15) is 0 Å². The minimum Gasteiger partial charge on any atom is -0.370 e. The number of amides is 5.